The van der Waals surface area contributed by atoms with Gasteiger partial charge in [0, 0.05) is 13.7 Å². The van der Waals surface area contributed by atoms with Crippen LogP contribution in [0.2, 0.25) is 0 Å². The summed E-state index contributed by atoms with van der Waals surface area (Å²) in [6.07, 6.45) is -1.68. The van der Waals surface area contributed by atoms with Crippen molar-refractivity contribution in [2.75, 3.05) is 26.8 Å². The van der Waals surface area contributed by atoms with Gasteiger partial charge in [-0.15, -0.1) is 0 Å². The standard InChI is InChI=1S/C7H12FNO3/c1-12-6-3-9(2-5(6)8)7(11)4-10/h5-6,10H,2-4H2,1H3/t5-,6-/m1/s1. The molecule has 1 amide bonds. The Bertz CT molecular complexity index is 176. The third-order valence-corrected chi connectivity index (χ3v) is 1.99. The fraction of sp³-hybridized carbons (Fsp3) is 0.857. The largest absolute Gasteiger partial charge is 0.387 e. The van der Waals surface area contributed by atoms with Gasteiger partial charge in [-0.3, -0.25) is 4.79 Å². The van der Waals surface area contributed by atoms with Crippen LogP contribution in [-0.2, 0) is 9.53 Å². The van der Waals surface area contributed by atoms with Gasteiger partial charge in [0.25, 0.3) is 0 Å². The molecule has 0 spiro atoms. The Morgan fingerprint density at radius 2 is 2.42 bits per heavy atom. The van der Waals surface area contributed by atoms with Gasteiger partial charge in [0.2, 0.25) is 5.91 Å². The van der Waals surface area contributed by atoms with Crippen LogP contribution < -0.4 is 0 Å². The molecule has 2 atom stereocenters. The molecular formula is C7H12FNO3. The van der Waals surface area contributed by atoms with Crippen LogP contribution in [0, 0.1) is 0 Å². The molecule has 1 aliphatic heterocycles. The predicted molar refractivity (Wildman–Crippen MR) is 39.4 cm³/mol. The van der Waals surface area contributed by atoms with Crippen LogP contribution in [0.3, 0.4) is 0 Å². The summed E-state index contributed by atoms with van der Waals surface area (Å²) < 4.78 is 17.7. The van der Waals surface area contributed by atoms with Gasteiger partial charge < -0.3 is 14.7 Å². The molecular weight excluding hydrogens is 165 g/mol. The highest BCUT2D eigenvalue weighted by atomic mass is 19.1. The molecule has 0 saturated carbocycles. The molecule has 1 fully saturated rings. The summed E-state index contributed by atoms with van der Waals surface area (Å²) in [5.41, 5.74) is 0. The maximum atomic E-state index is 12.9. The molecule has 1 N–H and O–H groups in total. The molecule has 0 aromatic heterocycles. The fourth-order valence-electron chi connectivity index (χ4n) is 1.26. The highest BCUT2D eigenvalue weighted by molar-refractivity contribution is 5.77. The number of carbonyl (C=O) groups excluding carboxylic acids is 1. The van der Waals surface area contributed by atoms with Crippen LogP contribution >= 0.6 is 0 Å². The van der Waals surface area contributed by atoms with E-state index in [1.165, 1.54) is 12.0 Å². The summed E-state index contributed by atoms with van der Waals surface area (Å²) in [6.45, 7) is -0.307. The van der Waals surface area contributed by atoms with E-state index in [1.54, 1.807) is 0 Å². The van der Waals surface area contributed by atoms with Crippen molar-refractivity contribution >= 4 is 5.91 Å². The molecule has 0 aliphatic carbocycles. The number of alkyl halides is 1. The molecule has 1 rings (SSSR count). The Kier molecular flexibility index (Phi) is 2.99. The first kappa shape index (κ1) is 9.41. The van der Waals surface area contributed by atoms with E-state index in [2.05, 4.69) is 0 Å². The average Bonchev–Trinajstić information content (AvgIpc) is 2.45. The van der Waals surface area contributed by atoms with Crippen molar-refractivity contribution in [3.05, 3.63) is 0 Å². The normalized spacial score (nSPS) is 29.4. The minimum absolute atomic E-state index is 0.0257. The maximum absolute atomic E-state index is 12.9. The predicted octanol–water partition coefficient (Wildman–Crippen LogP) is -0.826. The van der Waals surface area contributed by atoms with E-state index >= 15 is 0 Å². The van der Waals surface area contributed by atoms with E-state index in [0.29, 0.717) is 0 Å². The van der Waals surface area contributed by atoms with Crippen molar-refractivity contribution in [1.29, 1.82) is 0 Å². The third-order valence-electron chi connectivity index (χ3n) is 1.99. The van der Waals surface area contributed by atoms with E-state index in [-0.39, 0.29) is 13.1 Å². The smallest absolute Gasteiger partial charge is 0.248 e. The van der Waals surface area contributed by atoms with Crippen LogP contribution in [0.15, 0.2) is 0 Å². The van der Waals surface area contributed by atoms with Crippen molar-refractivity contribution in [2.45, 2.75) is 12.3 Å². The monoisotopic (exact) mass is 177 g/mol. The SMILES string of the molecule is CO[C@@H]1CN(C(=O)CO)C[C@H]1F. The summed E-state index contributed by atoms with van der Waals surface area (Å²) in [5, 5.41) is 8.49. The van der Waals surface area contributed by atoms with Crippen LogP contribution in [0.4, 0.5) is 4.39 Å². The summed E-state index contributed by atoms with van der Waals surface area (Å²) in [6, 6.07) is 0. The van der Waals surface area contributed by atoms with Crippen molar-refractivity contribution in [3.8, 4) is 0 Å². The zero-order valence-corrected chi connectivity index (χ0v) is 6.86. The number of likely N-dealkylation sites (tertiary alicyclic amines) is 1. The minimum atomic E-state index is -1.13. The molecule has 0 aromatic rings. The number of aliphatic hydroxyl groups is 1. The summed E-state index contributed by atoms with van der Waals surface area (Å²) in [5.74, 6) is -0.447. The number of methoxy groups -OCH3 is 1. The molecule has 1 saturated heterocycles. The minimum Gasteiger partial charge on any atom is -0.387 e. The Morgan fingerprint density at radius 3 is 2.83 bits per heavy atom. The lowest BCUT2D eigenvalue weighted by molar-refractivity contribution is -0.133. The highest BCUT2D eigenvalue weighted by Crippen LogP contribution is 2.15. The van der Waals surface area contributed by atoms with Gasteiger partial charge in [-0.25, -0.2) is 4.39 Å². The second-order valence-corrected chi connectivity index (χ2v) is 2.75. The molecule has 0 radical (unpaired) electrons. The van der Waals surface area contributed by atoms with E-state index in [1.807, 2.05) is 0 Å². The number of halogens is 1. The van der Waals surface area contributed by atoms with Crippen molar-refractivity contribution < 1.29 is 19.0 Å². The maximum Gasteiger partial charge on any atom is 0.248 e. The fourth-order valence-corrected chi connectivity index (χ4v) is 1.26. The lowest BCUT2D eigenvalue weighted by Crippen LogP contribution is -2.32. The molecule has 70 valence electrons. The number of aliphatic hydroxyl groups excluding tert-OH is 1. The average molecular weight is 177 g/mol. The zero-order valence-electron chi connectivity index (χ0n) is 6.86. The number of nitrogens with zero attached hydrogens (tertiary/aromatic N) is 1. The molecule has 0 bridgehead atoms. The van der Waals surface area contributed by atoms with Crippen LogP contribution in [0.5, 0.6) is 0 Å². The number of hydrogen-bond acceptors (Lipinski definition) is 3. The van der Waals surface area contributed by atoms with Crippen molar-refractivity contribution in [1.82, 2.24) is 4.90 Å². The van der Waals surface area contributed by atoms with Gasteiger partial charge >= 0.3 is 0 Å². The number of ether oxygens (including phenoxy) is 1. The number of amides is 1. The Morgan fingerprint density at radius 1 is 1.75 bits per heavy atom. The Balaban J connectivity index is 2.48. The first-order valence-electron chi connectivity index (χ1n) is 3.74. The van der Waals surface area contributed by atoms with Crippen molar-refractivity contribution in [3.63, 3.8) is 0 Å². The first-order valence-corrected chi connectivity index (χ1v) is 3.74. The molecule has 1 aliphatic rings. The lowest BCUT2D eigenvalue weighted by Gasteiger charge is -2.13. The molecule has 0 aromatic carbocycles. The zero-order chi connectivity index (χ0) is 9.14. The van der Waals surface area contributed by atoms with Gasteiger partial charge in [0.15, 0.2) is 0 Å². The van der Waals surface area contributed by atoms with Crippen LogP contribution in [-0.4, -0.2) is 55.0 Å². The van der Waals surface area contributed by atoms with E-state index in [4.69, 9.17) is 9.84 Å². The molecule has 1 heterocycles. The van der Waals surface area contributed by atoms with Gasteiger partial charge in [-0.2, -0.15) is 0 Å². The van der Waals surface area contributed by atoms with Gasteiger partial charge in [-0.05, 0) is 0 Å². The number of carbonyl (C=O) groups is 1. The van der Waals surface area contributed by atoms with Gasteiger partial charge in [-0.1, -0.05) is 0 Å². The van der Waals surface area contributed by atoms with E-state index in [9.17, 15) is 9.18 Å². The summed E-state index contributed by atoms with van der Waals surface area (Å²) in [4.78, 5) is 12.1. The van der Waals surface area contributed by atoms with Gasteiger partial charge in [0.1, 0.15) is 18.9 Å². The number of hydrogen-bond donors (Lipinski definition) is 1. The van der Waals surface area contributed by atoms with Crippen LogP contribution in [0.25, 0.3) is 0 Å². The molecule has 0 unspecified atom stereocenters. The highest BCUT2D eigenvalue weighted by Gasteiger charge is 2.34. The lowest BCUT2D eigenvalue weighted by atomic mass is 10.3. The van der Waals surface area contributed by atoms with E-state index in [0.717, 1.165) is 0 Å². The second kappa shape index (κ2) is 3.82. The summed E-state index contributed by atoms with van der Waals surface area (Å²) >= 11 is 0. The Labute approximate surface area is 69.9 Å². The first-order chi connectivity index (χ1) is 5.69. The Hall–Kier alpha value is -0.680. The summed E-state index contributed by atoms with van der Waals surface area (Å²) in [7, 11) is 1.41. The number of rotatable bonds is 2. The topological polar surface area (TPSA) is 49.8 Å². The van der Waals surface area contributed by atoms with Crippen LogP contribution in [0.1, 0.15) is 0 Å². The second-order valence-electron chi connectivity index (χ2n) is 2.75. The molecule has 5 heteroatoms. The van der Waals surface area contributed by atoms with Crippen molar-refractivity contribution in [2.24, 2.45) is 0 Å². The van der Waals surface area contributed by atoms with Gasteiger partial charge in [0.05, 0.1) is 6.54 Å². The molecule has 4 nitrogen and oxygen atoms in total. The molecule has 12 heavy (non-hydrogen) atoms. The quantitative estimate of drug-likeness (QED) is 0.599. The third kappa shape index (κ3) is 1.73. The van der Waals surface area contributed by atoms with E-state index < -0.39 is 24.8 Å².